The molecule has 1 aliphatic rings. The van der Waals surface area contributed by atoms with Crippen LogP contribution in [-0.4, -0.2) is 32.1 Å². The largest absolute Gasteiger partial charge is 0.451 e. The zero-order valence-corrected chi connectivity index (χ0v) is 8.56. The Balaban J connectivity index is 1.97. The summed E-state index contributed by atoms with van der Waals surface area (Å²) in [6, 6.07) is -0.981. The molecule has 8 nitrogen and oxygen atoms in total. The van der Waals surface area contributed by atoms with E-state index in [4.69, 9.17) is 0 Å². The Bertz CT molecular complexity index is 499. The number of carbonyl (C=O) groups is 1. The molecule has 1 aliphatic carbocycles. The highest BCUT2D eigenvalue weighted by atomic mass is 19.4. The highest BCUT2D eigenvalue weighted by Crippen LogP contribution is 2.34. The summed E-state index contributed by atoms with van der Waals surface area (Å²) in [4.78, 5) is 24.1. The van der Waals surface area contributed by atoms with Gasteiger partial charge in [-0.2, -0.15) is 18.2 Å². The van der Waals surface area contributed by atoms with Gasteiger partial charge >= 0.3 is 6.18 Å². The number of amides is 1. The summed E-state index contributed by atoms with van der Waals surface area (Å²) < 4.78 is 36.4. The van der Waals surface area contributed by atoms with Crippen LogP contribution in [0.15, 0.2) is 0 Å². The van der Waals surface area contributed by atoms with E-state index in [1.54, 1.807) is 5.10 Å². The molecule has 0 radical (unpaired) electrons. The van der Waals surface area contributed by atoms with Crippen molar-refractivity contribution in [3.05, 3.63) is 15.9 Å². The maximum atomic E-state index is 12.1. The minimum atomic E-state index is -4.70. The van der Waals surface area contributed by atoms with E-state index in [2.05, 4.69) is 10.1 Å². The number of aromatic nitrogens is 3. The monoisotopic (exact) mass is 265 g/mol. The predicted octanol–water partition coefficient (Wildman–Crippen LogP) is 0.427. The molecule has 2 rings (SSSR count). The van der Waals surface area contributed by atoms with Crippen LogP contribution in [0.25, 0.3) is 0 Å². The number of nitrogens with zero attached hydrogens (tertiary/aromatic N) is 3. The van der Waals surface area contributed by atoms with Gasteiger partial charge in [-0.05, 0) is 0 Å². The third-order valence-corrected chi connectivity index (χ3v) is 2.35. The normalized spacial score (nSPS) is 22.6. The Hall–Kier alpha value is -2.20. The molecular formula is C7H6F3N5O3. The van der Waals surface area contributed by atoms with Crippen molar-refractivity contribution in [3.63, 3.8) is 0 Å². The van der Waals surface area contributed by atoms with Crippen LogP contribution in [0.5, 0.6) is 0 Å². The van der Waals surface area contributed by atoms with E-state index in [1.807, 2.05) is 5.32 Å². The zero-order chi connectivity index (χ0) is 13.5. The molecule has 98 valence electrons. The molecule has 11 heteroatoms. The first-order valence-corrected chi connectivity index (χ1v) is 4.73. The van der Waals surface area contributed by atoms with Gasteiger partial charge in [0.25, 0.3) is 0 Å². The minimum Gasteiger partial charge on any atom is -0.293 e. The first-order chi connectivity index (χ1) is 8.29. The predicted molar refractivity (Wildman–Crippen MR) is 48.9 cm³/mol. The molecule has 0 saturated heterocycles. The number of nitrogens with one attached hydrogen (secondary N) is 2. The highest BCUT2D eigenvalue weighted by Gasteiger charge is 2.53. The Morgan fingerprint density at radius 3 is 2.67 bits per heavy atom. The van der Waals surface area contributed by atoms with Crippen LogP contribution in [-0.2, 0) is 11.0 Å². The molecule has 0 aliphatic heterocycles. The molecule has 0 aromatic carbocycles. The van der Waals surface area contributed by atoms with Gasteiger partial charge in [0.2, 0.25) is 23.7 Å². The van der Waals surface area contributed by atoms with Gasteiger partial charge in [-0.15, -0.1) is 5.10 Å². The summed E-state index contributed by atoms with van der Waals surface area (Å²) in [6.07, 6.45) is -4.63. The fourth-order valence-corrected chi connectivity index (χ4v) is 1.34. The van der Waals surface area contributed by atoms with Crippen molar-refractivity contribution in [1.29, 1.82) is 0 Å². The van der Waals surface area contributed by atoms with Crippen LogP contribution in [0.3, 0.4) is 0 Å². The fourth-order valence-electron chi connectivity index (χ4n) is 1.34. The lowest BCUT2D eigenvalue weighted by molar-refractivity contribution is -0.497. The standard InChI is InChI=1S/C7H6F3N5O3/c8-7(9,10)5-12-6(14-13-5)11-4(16)2-1-3(2)15(17)18/h2-3H,1H2,(H2,11,12,13,14,16). The second-order valence-electron chi connectivity index (χ2n) is 3.69. The van der Waals surface area contributed by atoms with Crippen molar-refractivity contribution in [2.24, 2.45) is 5.92 Å². The Morgan fingerprint density at radius 2 is 2.22 bits per heavy atom. The van der Waals surface area contributed by atoms with Crippen molar-refractivity contribution >= 4 is 11.9 Å². The van der Waals surface area contributed by atoms with Crippen LogP contribution in [0.4, 0.5) is 19.1 Å². The molecule has 2 atom stereocenters. The summed E-state index contributed by atoms with van der Waals surface area (Å²) >= 11 is 0. The maximum Gasteiger partial charge on any atom is 0.451 e. The maximum absolute atomic E-state index is 12.1. The Labute approximate surface area is 96.7 Å². The van der Waals surface area contributed by atoms with Gasteiger partial charge in [0, 0.05) is 11.3 Å². The van der Waals surface area contributed by atoms with E-state index >= 15 is 0 Å². The summed E-state index contributed by atoms with van der Waals surface area (Å²) in [7, 11) is 0. The molecule has 2 N–H and O–H groups in total. The van der Waals surface area contributed by atoms with Crippen molar-refractivity contribution in [3.8, 4) is 0 Å². The number of H-pyrrole nitrogens is 1. The molecule has 2 unspecified atom stereocenters. The molecular weight excluding hydrogens is 259 g/mol. The van der Waals surface area contributed by atoms with Crippen molar-refractivity contribution < 1.29 is 22.9 Å². The molecule has 1 aromatic heterocycles. The topological polar surface area (TPSA) is 114 Å². The Kier molecular flexibility index (Phi) is 2.67. The lowest BCUT2D eigenvalue weighted by atomic mass is 10.4. The summed E-state index contributed by atoms with van der Waals surface area (Å²) in [6.45, 7) is 0. The number of alkyl halides is 3. The molecule has 0 spiro atoms. The summed E-state index contributed by atoms with van der Waals surface area (Å²) in [5, 5.41) is 17.0. The van der Waals surface area contributed by atoms with E-state index < -0.39 is 40.7 Å². The van der Waals surface area contributed by atoms with Crippen LogP contribution >= 0.6 is 0 Å². The summed E-state index contributed by atoms with van der Waals surface area (Å²) in [5.41, 5.74) is 0. The van der Waals surface area contributed by atoms with Gasteiger partial charge in [0.15, 0.2) is 0 Å². The number of rotatable bonds is 3. The first-order valence-electron chi connectivity index (χ1n) is 4.73. The molecule has 1 aromatic rings. The van der Waals surface area contributed by atoms with Gasteiger partial charge in [0.1, 0.15) is 5.92 Å². The van der Waals surface area contributed by atoms with Gasteiger partial charge in [-0.3, -0.25) is 25.3 Å². The third-order valence-electron chi connectivity index (χ3n) is 2.35. The average molecular weight is 265 g/mol. The fraction of sp³-hybridized carbons (Fsp3) is 0.571. The highest BCUT2D eigenvalue weighted by molar-refractivity contribution is 5.93. The van der Waals surface area contributed by atoms with Gasteiger partial charge in [0.05, 0.1) is 0 Å². The smallest absolute Gasteiger partial charge is 0.293 e. The van der Waals surface area contributed by atoms with Gasteiger partial charge < -0.3 is 0 Å². The number of hydrogen-bond acceptors (Lipinski definition) is 5. The number of aromatic amines is 1. The first kappa shape index (κ1) is 12.3. The van der Waals surface area contributed by atoms with Crippen molar-refractivity contribution in [1.82, 2.24) is 15.2 Å². The van der Waals surface area contributed by atoms with Crippen LogP contribution < -0.4 is 5.32 Å². The van der Waals surface area contributed by atoms with Crippen LogP contribution in [0.1, 0.15) is 12.2 Å². The quantitative estimate of drug-likeness (QED) is 0.607. The lowest BCUT2D eigenvalue weighted by Crippen LogP contribution is -2.19. The number of halogens is 3. The number of anilines is 1. The van der Waals surface area contributed by atoms with Crippen LogP contribution in [0, 0.1) is 16.0 Å². The second kappa shape index (κ2) is 3.92. The van der Waals surface area contributed by atoms with E-state index in [0.29, 0.717) is 0 Å². The van der Waals surface area contributed by atoms with E-state index in [0.717, 1.165) is 0 Å². The third kappa shape index (κ3) is 2.38. The molecule has 0 bridgehead atoms. The molecule has 1 amide bonds. The van der Waals surface area contributed by atoms with Gasteiger partial charge in [-0.1, -0.05) is 0 Å². The minimum absolute atomic E-state index is 0.0649. The number of hydrogen-bond donors (Lipinski definition) is 2. The molecule has 1 fully saturated rings. The van der Waals surface area contributed by atoms with Crippen molar-refractivity contribution in [2.75, 3.05) is 5.32 Å². The van der Waals surface area contributed by atoms with Crippen LogP contribution in [0.2, 0.25) is 0 Å². The van der Waals surface area contributed by atoms with Crippen molar-refractivity contribution in [2.45, 2.75) is 18.6 Å². The van der Waals surface area contributed by atoms with E-state index in [1.165, 1.54) is 0 Å². The van der Waals surface area contributed by atoms with Gasteiger partial charge in [-0.25, -0.2) is 0 Å². The Morgan fingerprint density at radius 1 is 1.56 bits per heavy atom. The second-order valence-corrected chi connectivity index (χ2v) is 3.69. The average Bonchev–Trinajstić information content (AvgIpc) is 2.91. The number of carbonyl (C=O) groups excluding carboxylic acids is 1. The SMILES string of the molecule is O=C(Nc1n[nH]c(C(F)(F)F)n1)C1CC1[N+](=O)[O-]. The molecule has 1 saturated carbocycles. The molecule has 1 heterocycles. The van der Waals surface area contributed by atoms with E-state index in [-0.39, 0.29) is 6.42 Å². The van der Waals surface area contributed by atoms with E-state index in [9.17, 15) is 28.1 Å². The lowest BCUT2D eigenvalue weighted by Gasteiger charge is -1.99. The number of nitro groups is 1. The molecule has 18 heavy (non-hydrogen) atoms. The zero-order valence-electron chi connectivity index (χ0n) is 8.56. The summed E-state index contributed by atoms with van der Waals surface area (Å²) in [5.74, 6) is -3.50.